The van der Waals surface area contributed by atoms with Gasteiger partial charge < -0.3 is 0 Å². The molecule has 2 heterocycles. The van der Waals surface area contributed by atoms with Crippen molar-refractivity contribution < 1.29 is 0 Å². The first-order valence-electron chi connectivity index (χ1n) is 5.72. The highest BCUT2D eigenvalue weighted by Crippen LogP contribution is 2.17. The SMILES string of the molecule is Cc1cccc(-c2ccc(-n3ccnc3)nn2)c1. The highest BCUT2D eigenvalue weighted by Gasteiger charge is 2.02. The zero-order valence-electron chi connectivity index (χ0n) is 9.99. The van der Waals surface area contributed by atoms with Gasteiger partial charge in [0.1, 0.15) is 6.33 Å². The van der Waals surface area contributed by atoms with Crippen molar-refractivity contribution in [1.82, 2.24) is 19.7 Å². The van der Waals surface area contributed by atoms with Gasteiger partial charge >= 0.3 is 0 Å². The molecule has 0 aliphatic heterocycles. The van der Waals surface area contributed by atoms with Crippen LogP contribution in [-0.2, 0) is 0 Å². The van der Waals surface area contributed by atoms with Crippen LogP contribution in [0.5, 0.6) is 0 Å². The van der Waals surface area contributed by atoms with E-state index in [1.165, 1.54) is 5.56 Å². The minimum atomic E-state index is 0.768. The van der Waals surface area contributed by atoms with Crippen molar-refractivity contribution in [1.29, 1.82) is 0 Å². The Bertz CT molecular complexity index is 642. The van der Waals surface area contributed by atoms with E-state index in [2.05, 4.69) is 34.2 Å². The molecule has 4 heteroatoms. The maximum absolute atomic E-state index is 4.25. The molecule has 1 aromatic carbocycles. The third-order valence-electron chi connectivity index (χ3n) is 2.73. The molecule has 0 aliphatic rings. The van der Waals surface area contributed by atoms with Crippen LogP contribution in [0.25, 0.3) is 17.1 Å². The number of hydrogen-bond donors (Lipinski definition) is 0. The van der Waals surface area contributed by atoms with Crippen LogP contribution in [0.4, 0.5) is 0 Å². The number of nitrogens with zero attached hydrogens (tertiary/aromatic N) is 4. The van der Waals surface area contributed by atoms with Crippen molar-refractivity contribution in [2.75, 3.05) is 0 Å². The van der Waals surface area contributed by atoms with E-state index < -0.39 is 0 Å². The Kier molecular flexibility index (Phi) is 2.61. The number of benzene rings is 1. The highest BCUT2D eigenvalue weighted by atomic mass is 15.2. The Balaban J connectivity index is 1.96. The molecular weight excluding hydrogens is 224 g/mol. The van der Waals surface area contributed by atoms with Gasteiger partial charge in [-0.25, -0.2) is 4.98 Å². The van der Waals surface area contributed by atoms with Crippen LogP contribution in [0, 0.1) is 6.92 Å². The van der Waals surface area contributed by atoms with Gasteiger partial charge in [0.15, 0.2) is 5.82 Å². The molecular formula is C14H12N4. The second-order valence-corrected chi connectivity index (χ2v) is 4.12. The van der Waals surface area contributed by atoms with Crippen LogP contribution in [0.15, 0.2) is 55.1 Å². The van der Waals surface area contributed by atoms with Gasteiger partial charge in [-0.1, -0.05) is 23.8 Å². The van der Waals surface area contributed by atoms with Gasteiger partial charge in [-0.05, 0) is 25.1 Å². The van der Waals surface area contributed by atoms with Crippen LogP contribution in [0.3, 0.4) is 0 Å². The van der Waals surface area contributed by atoms with Crippen LogP contribution < -0.4 is 0 Å². The minimum absolute atomic E-state index is 0.768. The Hall–Kier alpha value is -2.49. The van der Waals surface area contributed by atoms with Crippen LogP contribution in [-0.4, -0.2) is 19.7 Å². The largest absolute Gasteiger partial charge is 0.289 e. The predicted molar refractivity (Wildman–Crippen MR) is 69.3 cm³/mol. The van der Waals surface area contributed by atoms with Crippen molar-refractivity contribution >= 4 is 0 Å². The van der Waals surface area contributed by atoms with Gasteiger partial charge in [0, 0.05) is 18.0 Å². The van der Waals surface area contributed by atoms with E-state index in [0.29, 0.717) is 0 Å². The highest BCUT2D eigenvalue weighted by molar-refractivity contribution is 5.59. The molecule has 0 spiro atoms. The maximum atomic E-state index is 4.25. The predicted octanol–water partition coefficient (Wildman–Crippen LogP) is 2.64. The molecule has 0 aliphatic carbocycles. The first kappa shape index (κ1) is 10.7. The van der Waals surface area contributed by atoms with E-state index in [9.17, 15) is 0 Å². The molecule has 0 saturated heterocycles. The third kappa shape index (κ3) is 2.00. The normalized spacial score (nSPS) is 10.5. The second kappa shape index (κ2) is 4.41. The molecule has 3 rings (SSSR count). The number of imidazole rings is 1. The summed E-state index contributed by atoms with van der Waals surface area (Å²) in [4.78, 5) is 3.99. The van der Waals surface area contributed by atoms with Gasteiger partial charge in [-0.15, -0.1) is 10.2 Å². The van der Waals surface area contributed by atoms with Gasteiger partial charge in [0.05, 0.1) is 5.69 Å². The quantitative estimate of drug-likeness (QED) is 0.687. The van der Waals surface area contributed by atoms with Crippen molar-refractivity contribution in [2.24, 2.45) is 0 Å². The van der Waals surface area contributed by atoms with E-state index in [4.69, 9.17) is 0 Å². The molecule has 0 amide bonds. The molecule has 4 nitrogen and oxygen atoms in total. The lowest BCUT2D eigenvalue weighted by atomic mass is 10.1. The fourth-order valence-electron chi connectivity index (χ4n) is 1.82. The van der Waals surface area contributed by atoms with Crippen LogP contribution >= 0.6 is 0 Å². The summed E-state index contributed by atoms with van der Waals surface area (Å²) in [5.74, 6) is 0.768. The summed E-state index contributed by atoms with van der Waals surface area (Å²) in [5.41, 5.74) is 3.18. The smallest absolute Gasteiger partial charge is 0.160 e. The number of aryl methyl sites for hydroxylation is 1. The summed E-state index contributed by atoms with van der Waals surface area (Å²) in [6.07, 6.45) is 5.27. The molecule has 0 saturated carbocycles. The molecule has 2 aromatic heterocycles. The molecule has 0 unspecified atom stereocenters. The third-order valence-corrected chi connectivity index (χ3v) is 2.73. The molecule has 0 fully saturated rings. The zero-order chi connectivity index (χ0) is 12.4. The van der Waals surface area contributed by atoms with Gasteiger partial charge in [-0.3, -0.25) is 4.57 Å². The molecule has 3 aromatic rings. The Morgan fingerprint density at radius 2 is 2.00 bits per heavy atom. The average molecular weight is 236 g/mol. The van der Waals surface area contributed by atoms with Crippen molar-refractivity contribution in [3.63, 3.8) is 0 Å². The molecule has 18 heavy (non-hydrogen) atoms. The summed E-state index contributed by atoms with van der Waals surface area (Å²) in [6.45, 7) is 2.07. The van der Waals surface area contributed by atoms with E-state index in [1.807, 2.05) is 35.0 Å². The number of aromatic nitrogens is 4. The van der Waals surface area contributed by atoms with Crippen molar-refractivity contribution in [3.05, 3.63) is 60.7 Å². The summed E-state index contributed by atoms with van der Waals surface area (Å²) in [5, 5.41) is 8.45. The van der Waals surface area contributed by atoms with Crippen molar-refractivity contribution in [3.8, 4) is 17.1 Å². The minimum Gasteiger partial charge on any atom is -0.289 e. The molecule has 0 N–H and O–H groups in total. The van der Waals surface area contributed by atoms with E-state index >= 15 is 0 Å². The molecule has 88 valence electrons. The summed E-state index contributed by atoms with van der Waals surface area (Å²) in [6, 6.07) is 12.1. The standard InChI is InChI=1S/C14H12N4/c1-11-3-2-4-12(9-11)13-5-6-14(17-16-13)18-8-7-15-10-18/h2-10H,1H3. The molecule has 0 radical (unpaired) electrons. The monoisotopic (exact) mass is 236 g/mol. The number of rotatable bonds is 2. The Morgan fingerprint density at radius 3 is 2.67 bits per heavy atom. The number of hydrogen-bond acceptors (Lipinski definition) is 3. The van der Waals surface area contributed by atoms with Gasteiger partial charge in [-0.2, -0.15) is 0 Å². The lowest BCUT2D eigenvalue weighted by molar-refractivity contribution is 0.916. The summed E-state index contributed by atoms with van der Waals surface area (Å²) >= 11 is 0. The van der Waals surface area contributed by atoms with Gasteiger partial charge in [0.25, 0.3) is 0 Å². The topological polar surface area (TPSA) is 43.6 Å². The van der Waals surface area contributed by atoms with Crippen LogP contribution in [0.2, 0.25) is 0 Å². The molecule has 0 bridgehead atoms. The fourth-order valence-corrected chi connectivity index (χ4v) is 1.82. The van der Waals surface area contributed by atoms with Crippen LogP contribution in [0.1, 0.15) is 5.56 Å². The van der Waals surface area contributed by atoms with E-state index in [0.717, 1.165) is 17.1 Å². The van der Waals surface area contributed by atoms with E-state index in [-0.39, 0.29) is 0 Å². The zero-order valence-corrected chi connectivity index (χ0v) is 9.99. The molecule has 0 atom stereocenters. The Morgan fingerprint density at radius 1 is 1.06 bits per heavy atom. The Labute approximate surface area is 105 Å². The van der Waals surface area contributed by atoms with E-state index in [1.54, 1.807) is 12.5 Å². The summed E-state index contributed by atoms with van der Waals surface area (Å²) in [7, 11) is 0. The maximum Gasteiger partial charge on any atom is 0.160 e. The first-order chi connectivity index (χ1) is 8.83. The lowest BCUT2D eigenvalue weighted by Gasteiger charge is -2.03. The summed E-state index contributed by atoms with van der Waals surface area (Å²) < 4.78 is 1.83. The lowest BCUT2D eigenvalue weighted by Crippen LogP contribution is -1.97. The first-order valence-corrected chi connectivity index (χ1v) is 5.72. The fraction of sp³-hybridized carbons (Fsp3) is 0.0714. The second-order valence-electron chi connectivity index (χ2n) is 4.12. The average Bonchev–Trinajstić information content (AvgIpc) is 2.93. The van der Waals surface area contributed by atoms with Crippen molar-refractivity contribution in [2.45, 2.75) is 6.92 Å². The van der Waals surface area contributed by atoms with Gasteiger partial charge in [0.2, 0.25) is 0 Å².